The second kappa shape index (κ2) is 5.15. The van der Waals surface area contributed by atoms with Gasteiger partial charge in [-0.05, 0) is 24.3 Å². The Kier molecular flexibility index (Phi) is 4.14. The van der Waals surface area contributed by atoms with Crippen LogP contribution in [0.15, 0.2) is 12.4 Å². The number of hydrogen-bond donors (Lipinski definition) is 1. The van der Waals surface area contributed by atoms with Gasteiger partial charge in [0, 0.05) is 19.3 Å². The van der Waals surface area contributed by atoms with Crippen LogP contribution in [0.25, 0.3) is 0 Å². The van der Waals surface area contributed by atoms with Crippen molar-refractivity contribution in [3.63, 3.8) is 0 Å². The summed E-state index contributed by atoms with van der Waals surface area (Å²) in [7, 11) is 1.93. The SMILES string of the molecule is CCC(C)CC(N)Cc1cnn(C)c1. The molecule has 0 aliphatic heterocycles. The highest BCUT2D eigenvalue weighted by molar-refractivity contribution is 5.05. The fourth-order valence-electron chi connectivity index (χ4n) is 1.65. The molecule has 3 heteroatoms. The number of hydrogen-bond acceptors (Lipinski definition) is 2. The van der Waals surface area contributed by atoms with E-state index < -0.39 is 0 Å². The molecule has 0 fully saturated rings. The maximum Gasteiger partial charge on any atom is 0.0522 e. The number of aromatic nitrogens is 2. The highest BCUT2D eigenvalue weighted by Gasteiger charge is 2.09. The second-order valence-corrected chi connectivity index (χ2v) is 4.24. The summed E-state index contributed by atoms with van der Waals surface area (Å²) < 4.78 is 1.82. The Morgan fingerprint density at radius 3 is 2.79 bits per heavy atom. The zero-order valence-electron chi connectivity index (χ0n) is 9.40. The van der Waals surface area contributed by atoms with Crippen LogP contribution in [0.5, 0.6) is 0 Å². The molecule has 1 aromatic heterocycles. The van der Waals surface area contributed by atoms with Crippen LogP contribution in [-0.4, -0.2) is 15.8 Å². The average Bonchev–Trinajstić information content (AvgIpc) is 2.50. The van der Waals surface area contributed by atoms with E-state index in [1.165, 1.54) is 12.0 Å². The first-order valence-electron chi connectivity index (χ1n) is 5.35. The summed E-state index contributed by atoms with van der Waals surface area (Å²) in [4.78, 5) is 0. The molecule has 1 aromatic rings. The van der Waals surface area contributed by atoms with E-state index >= 15 is 0 Å². The summed E-state index contributed by atoms with van der Waals surface area (Å²) >= 11 is 0. The molecule has 0 aromatic carbocycles. The maximum absolute atomic E-state index is 6.05. The van der Waals surface area contributed by atoms with Gasteiger partial charge < -0.3 is 5.73 Å². The lowest BCUT2D eigenvalue weighted by Crippen LogP contribution is -2.25. The first-order valence-corrected chi connectivity index (χ1v) is 5.35. The third-order valence-corrected chi connectivity index (χ3v) is 2.66. The summed E-state index contributed by atoms with van der Waals surface area (Å²) in [5, 5.41) is 4.13. The molecule has 0 bridgehead atoms. The fraction of sp³-hybridized carbons (Fsp3) is 0.727. The van der Waals surface area contributed by atoms with Gasteiger partial charge in [-0.3, -0.25) is 4.68 Å². The minimum Gasteiger partial charge on any atom is -0.327 e. The Morgan fingerprint density at radius 1 is 1.57 bits per heavy atom. The molecule has 0 aliphatic carbocycles. The summed E-state index contributed by atoms with van der Waals surface area (Å²) in [6.45, 7) is 4.46. The smallest absolute Gasteiger partial charge is 0.0522 e. The highest BCUT2D eigenvalue weighted by atomic mass is 15.2. The zero-order valence-corrected chi connectivity index (χ0v) is 9.40. The largest absolute Gasteiger partial charge is 0.327 e. The molecule has 0 saturated carbocycles. The number of rotatable bonds is 5. The van der Waals surface area contributed by atoms with Crippen molar-refractivity contribution in [2.24, 2.45) is 18.7 Å². The van der Waals surface area contributed by atoms with E-state index in [-0.39, 0.29) is 6.04 Å². The minimum absolute atomic E-state index is 0.272. The maximum atomic E-state index is 6.05. The molecule has 0 amide bonds. The van der Waals surface area contributed by atoms with Gasteiger partial charge in [0.1, 0.15) is 0 Å². The molecule has 2 unspecified atom stereocenters. The van der Waals surface area contributed by atoms with Crippen LogP contribution in [0, 0.1) is 5.92 Å². The third kappa shape index (κ3) is 3.50. The van der Waals surface area contributed by atoms with Gasteiger partial charge in [-0.25, -0.2) is 0 Å². The van der Waals surface area contributed by atoms with Crippen LogP contribution in [0.1, 0.15) is 32.3 Å². The van der Waals surface area contributed by atoms with E-state index in [9.17, 15) is 0 Å². The fourth-order valence-corrected chi connectivity index (χ4v) is 1.65. The lowest BCUT2D eigenvalue weighted by atomic mass is 9.96. The van der Waals surface area contributed by atoms with E-state index in [1.807, 2.05) is 24.1 Å². The van der Waals surface area contributed by atoms with Gasteiger partial charge in [0.15, 0.2) is 0 Å². The number of nitrogens with two attached hydrogens (primary N) is 1. The van der Waals surface area contributed by atoms with Crippen molar-refractivity contribution >= 4 is 0 Å². The van der Waals surface area contributed by atoms with Gasteiger partial charge in [-0.15, -0.1) is 0 Å². The van der Waals surface area contributed by atoms with E-state index in [2.05, 4.69) is 18.9 Å². The standard InChI is InChI=1S/C11H21N3/c1-4-9(2)5-11(12)6-10-7-13-14(3)8-10/h7-9,11H,4-6,12H2,1-3H3. The summed E-state index contributed by atoms with van der Waals surface area (Å²) in [6.07, 6.45) is 7.19. The van der Waals surface area contributed by atoms with Crippen LogP contribution in [-0.2, 0) is 13.5 Å². The van der Waals surface area contributed by atoms with Crippen LogP contribution < -0.4 is 5.73 Å². The zero-order chi connectivity index (χ0) is 10.6. The molecule has 2 N–H and O–H groups in total. The van der Waals surface area contributed by atoms with E-state index in [0.717, 1.165) is 18.8 Å². The predicted molar refractivity (Wildman–Crippen MR) is 59.0 cm³/mol. The van der Waals surface area contributed by atoms with Crippen molar-refractivity contribution in [2.75, 3.05) is 0 Å². The van der Waals surface area contributed by atoms with Gasteiger partial charge in [-0.2, -0.15) is 5.10 Å². The summed E-state index contributed by atoms with van der Waals surface area (Å²) in [6, 6.07) is 0.272. The Bertz CT molecular complexity index is 267. The molecule has 2 atom stereocenters. The lowest BCUT2D eigenvalue weighted by Gasteiger charge is -2.14. The molecule has 1 heterocycles. The van der Waals surface area contributed by atoms with Crippen LogP contribution in [0.2, 0.25) is 0 Å². The Morgan fingerprint density at radius 2 is 2.29 bits per heavy atom. The molecule has 14 heavy (non-hydrogen) atoms. The molecular formula is C11H21N3. The van der Waals surface area contributed by atoms with Gasteiger partial charge in [0.25, 0.3) is 0 Å². The third-order valence-electron chi connectivity index (χ3n) is 2.66. The molecule has 0 radical (unpaired) electrons. The minimum atomic E-state index is 0.272. The molecule has 0 saturated heterocycles. The monoisotopic (exact) mass is 195 g/mol. The van der Waals surface area contributed by atoms with Crippen molar-refractivity contribution in [3.05, 3.63) is 18.0 Å². The number of aryl methyl sites for hydroxylation is 1. The van der Waals surface area contributed by atoms with Crippen LogP contribution >= 0.6 is 0 Å². The van der Waals surface area contributed by atoms with Gasteiger partial charge in [-0.1, -0.05) is 20.3 Å². The van der Waals surface area contributed by atoms with Crippen molar-refractivity contribution in [3.8, 4) is 0 Å². The first kappa shape index (κ1) is 11.2. The van der Waals surface area contributed by atoms with Crippen LogP contribution in [0.3, 0.4) is 0 Å². The van der Waals surface area contributed by atoms with Gasteiger partial charge in [0.2, 0.25) is 0 Å². The van der Waals surface area contributed by atoms with E-state index in [0.29, 0.717) is 0 Å². The second-order valence-electron chi connectivity index (χ2n) is 4.24. The average molecular weight is 195 g/mol. The molecule has 0 aliphatic rings. The van der Waals surface area contributed by atoms with Gasteiger partial charge in [0.05, 0.1) is 6.20 Å². The normalized spacial score (nSPS) is 15.4. The number of nitrogens with zero attached hydrogens (tertiary/aromatic N) is 2. The van der Waals surface area contributed by atoms with Crippen LogP contribution in [0.4, 0.5) is 0 Å². The van der Waals surface area contributed by atoms with Gasteiger partial charge >= 0.3 is 0 Å². The highest BCUT2D eigenvalue weighted by Crippen LogP contribution is 2.11. The molecule has 3 nitrogen and oxygen atoms in total. The molecule has 80 valence electrons. The van der Waals surface area contributed by atoms with Crippen molar-refractivity contribution < 1.29 is 0 Å². The van der Waals surface area contributed by atoms with E-state index in [1.54, 1.807) is 0 Å². The van der Waals surface area contributed by atoms with Crippen molar-refractivity contribution in [1.82, 2.24) is 9.78 Å². The Balaban J connectivity index is 2.37. The summed E-state index contributed by atoms with van der Waals surface area (Å²) in [5.74, 6) is 0.724. The lowest BCUT2D eigenvalue weighted by molar-refractivity contribution is 0.450. The quantitative estimate of drug-likeness (QED) is 0.777. The Hall–Kier alpha value is -0.830. The predicted octanol–water partition coefficient (Wildman–Crippen LogP) is 1.73. The van der Waals surface area contributed by atoms with Crippen molar-refractivity contribution in [2.45, 2.75) is 39.2 Å². The topological polar surface area (TPSA) is 43.8 Å². The Labute approximate surface area is 86.3 Å². The molecule has 0 spiro atoms. The van der Waals surface area contributed by atoms with E-state index in [4.69, 9.17) is 5.73 Å². The molecular weight excluding hydrogens is 174 g/mol. The first-order chi connectivity index (χ1) is 6.61. The van der Waals surface area contributed by atoms with Crippen molar-refractivity contribution in [1.29, 1.82) is 0 Å². The molecule has 1 rings (SSSR count). The summed E-state index contributed by atoms with van der Waals surface area (Å²) in [5.41, 5.74) is 7.29.